The lowest BCUT2D eigenvalue weighted by Crippen LogP contribution is -2.51. The number of piperidine rings is 1. The summed E-state index contributed by atoms with van der Waals surface area (Å²) in [4.78, 5) is 31.8. The molecule has 6 nitrogen and oxygen atoms in total. The van der Waals surface area contributed by atoms with Crippen LogP contribution in [0, 0.1) is 34.9 Å². The van der Waals surface area contributed by atoms with Crippen LogP contribution in [-0.2, 0) is 9.53 Å². The maximum absolute atomic E-state index is 14.4. The number of methoxy groups -OCH3 is 1. The standard InChI is InChI=1S/C30H35ClFN3O3/c1-38-29(37)21-4-6-35(7-5-21)27-24(12-23(32)16-33-27)22-2-3-26(31)25(11-22)28(36)34-17-30-13-18-8-19(14-30)10-20(9-18)15-30/h2-3,11-12,16,18-21H,4-10,13-15,17H2,1H3,(H,34,36). The molecule has 0 unspecified atom stereocenters. The Kier molecular flexibility index (Phi) is 6.83. The van der Waals surface area contributed by atoms with Crippen molar-refractivity contribution in [1.29, 1.82) is 0 Å². The Bertz CT molecular complexity index is 1210. The van der Waals surface area contributed by atoms with Crippen molar-refractivity contribution in [3.63, 3.8) is 0 Å². The van der Waals surface area contributed by atoms with Crippen molar-refractivity contribution in [2.45, 2.75) is 51.4 Å². The van der Waals surface area contributed by atoms with E-state index in [4.69, 9.17) is 16.3 Å². The zero-order chi connectivity index (χ0) is 26.4. The van der Waals surface area contributed by atoms with Crippen LogP contribution >= 0.6 is 11.6 Å². The molecule has 2 heterocycles. The Morgan fingerprint density at radius 3 is 2.39 bits per heavy atom. The molecule has 1 aliphatic heterocycles. The van der Waals surface area contributed by atoms with E-state index in [1.165, 1.54) is 57.9 Å². The molecule has 4 aliphatic carbocycles. The number of ether oxygens (including phenoxy) is 1. The number of benzene rings is 1. The smallest absolute Gasteiger partial charge is 0.308 e. The summed E-state index contributed by atoms with van der Waals surface area (Å²) in [6, 6.07) is 6.71. The van der Waals surface area contributed by atoms with Crippen molar-refractivity contribution >= 4 is 29.3 Å². The summed E-state index contributed by atoms with van der Waals surface area (Å²) < 4.78 is 19.3. The quantitative estimate of drug-likeness (QED) is 0.464. The monoisotopic (exact) mass is 539 g/mol. The second-order valence-corrected chi connectivity index (χ2v) is 12.5. The second kappa shape index (κ2) is 10.1. The van der Waals surface area contributed by atoms with Crippen LogP contribution in [0.5, 0.6) is 0 Å². The first kappa shape index (κ1) is 25.6. The van der Waals surface area contributed by atoms with Crippen LogP contribution in [0.4, 0.5) is 10.2 Å². The Balaban J connectivity index is 1.21. The van der Waals surface area contributed by atoms with E-state index in [2.05, 4.69) is 15.2 Å². The van der Waals surface area contributed by atoms with Gasteiger partial charge in [-0.2, -0.15) is 0 Å². The number of nitrogens with one attached hydrogen (secondary N) is 1. The first-order chi connectivity index (χ1) is 18.3. The molecule has 2 aromatic rings. The second-order valence-electron chi connectivity index (χ2n) is 12.1. The summed E-state index contributed by atoms with van der Waals surface area (Å²) in [7, 11) is 1.41. The van der Waals surface area contributed by atoms with E-state index in [-0.39, 0.29) is 23.2 Å². The number of hydrogen-bond donors (Lipinski definition) is 1. The molecule has 0 atom stereocenters. The minimum atomic E-state index is -0.448. The van der Waals surface area contributed by atoms with Gasteiger partial charge in [-0.1, -0.05) is 17.7 Å². The molecule has 1 aromatic heterocycles. The molecule has 1 N–H and O–H groups in total. The van der Waals surface area contributed by atoms with E-state index in [0.717, 1.165) is 17.8 Å². The first-order valence-corrected chi connectivity index (χ1v) is 14.3. The lowest BCUT2D eigenvalue weighted by atomic mass is 9.49. The fourth-order valence-electron chi connectivity index (χ4n) is 8.13. The van der Waals surface area contributed by atoms with E-state index >= 15 is 0 Å². The predicted octanol–water partition coefficient (Wildman–Crippen LogP) is 5.88. The predicted molar refractivity (Wildman–Crippen MR) is 145 cm³/mol. The van der Waals surface area contributed by atoms with Crippen LogP contribution in [0.3, 0.4) is 0 Å². The van der Waals surface area contributed by atoms with Gasteiger partial charge >= 0.3 is 5.97 Å². The number of anilines is 1. The van der Waals surface area contributed by atoms with Crippen LogP contribution < -0.4 is 10.2 Å². The summed E-state index contributed by atoms with van der Waals surface area (Å²) in [6.07, 6.45) is 10.3. The number of pyridine rings is 1. The summed E-state index contributed by atoms with van der Waals surface area (Å²) >= 11 is 6.51. The number of rotatable bonds is 6. The highest BCUT2D eigenvalue weighted by Crippen LogP contribution is 2.59. The number of aromatic nitrogens is 1. The van der Waals surface area contributed by atoms with E-state index in [1.807, 2.05) is 0 Å². The zero-order valence-corrected chi connectivity index (χ0v) is 22.6. The molecule has 4 saturated carbocycles. The van der Waals surface area contributed by atoms with Gasteiger partial charge in [-0.15, -0.1) is 0 Å². The van der Waals surface area contributed by atoms with Crippen molar-refractivity contribution < 1.29 is 18.7 Å². The molecular weight excluding hydrogens is 505 g/mol. The molecule has 1 amide bonds. The number of esters is 1. The molecule has 4 bridgehead atoms. The van der Waals surface area contributed by atoms with Crippen LogP contribution in [0.25, 0.3) is 11.1 Å². The van der Waals surface area contributed by atoms with E-state index < -0.39 is 5.82 Å². The third-order valence-corrected chi connectivity index (χ3v) is 9.80. The van der Waals surface area contributed by atoms with Crippen LogP contribution in [0.15, 0.2) is 30.5 Å². The maximum Gasteiger partial charge on any atom is 0.308 e. The average Bonchev–Trinajstić information content (AvgIpc) is 2.91. The Morgan fingerprint density at radius 2 is 1.76 bits per heavy atom. The lowest BCUT2D eigenvalue weighted by molar-refractivity contribution is -0.146. The molecule has 5 aliphatic rings. The molecule has 1 aromatic carbocycles. The van der Waals surface area contributed by atoms with Gasteiger partial charge in [0.15, 0.2) is 0 Å². The van der Waals surface area contributed by atoms with Gasteiger partial charge < -0.3 is 15.0 Å². The average molecular weight is 540 g/mol. The highest BCUT2D eigenvalue weighted by Gasteiger charge is 2.50. The van der Waals surface area contributed by atoms with Crippen LogP contribution in [0.2, 0.25) is 5.02 Å². The normalized spacial score (nSPS) is 28.4. The zero-order valence-electron chi connectivity index (χ0n) is 21.8. The van der Waals surface area contributed by atoms with Gasteiger partial charge in [0.25, 0.3) is 5.91 Å². The van der Waals surface area contributed by atoms with Crippen LogP contribution in [0.1, 0.15) is 61.7 Å². The summed E-state index contributed by atoms with van der Waals surface area (Å²) in [6.45, 7) is 1.91. The molecule has 8 heteroatoms. The van der Waals surface area contributed by atoms with Gasteiger partial charge in [-0.3, -0.25) is 9.59 Å². The Labute approximate surface area is 228 Å². The van der Waals surface area contributed by atoms with Crippen molar-refractivity contribution in [3.05, 3.63) is 46.9 Å². The third-order valence-electron chi connectivity index (χ3n) is 9.47. The molecule has 0 radical (unpaired) electrons. The number of nitrogens with zero attached hydrogens (tertiary/aromatic N) is 2. The van der Waals surface area contributed by atoms with Gasteiger partial charge in [0.2, 0.25) is 0 Å². The van der Waals surface area contributed by atoms with Crippen molar-refractivity contribution in [3.8, 4) is 11.1 Å². The number of halogens is 2. The molecule has 5 fully saturated rings. The summed E-state index contributed by atoms with van der Waals surface area (Å²) in [5.41, 5.74) is 1.91. The molecule has 38 heavy (non-hydrogen) atoms. The maximum atomic E-state index is 14.4. The molecule has 7 rings (SSSR count). The molecule has 0 spiro atoms. The third kappa shape index (κ3) is 4.90. The number of carbonyl (C=O) groups is 2. The van der Waals surface area contributed by atoms with Gasteiger partial charge in [-0.25, -0.2) is 9.37 Å². The lowest BCUT2D eigenvalue weighted by Gasteiger charge is -2.56. The van der Waals surface area contributed by atoms with Crippen LogP contribution in [-0.4, -0.2) is 43.6 Å². The summed E-state index contributed by atoms with van der Waals surface area (Å²) in [5, 5.41) is 3.59. The number of carbonyl (C=O) groups excluding carboxylic acids is 2. The van der Waals surface area contributed by atoms with Crippen molar-refractivity contribution in [2.75, 3.05) is 31.6 Å². The largest absolute Gasteiger partial charge is 0.469 e. The van der Waals surface area contributed by atoms with Gasteiger partial charge in [0, 0.05) is 25.2 Å². The molecular formula is C30H35ClFN3O3. The fraction of sp³-hybridized carbons (Fsp3) is 0.567. The minimum Gasteiger partial charge on any atom is -0.469 e. The SMILES string of the molecule is COC(=O)C1CCN(c2ncc(F)cc2-c2ccc(Cl)c(C(=O)NCC34CC5CC(CC(C5)C3)C4)c2)CC1. The highest BCUT2D eigenvalue weighted by molar-refractivity contribution is 6.34. The Morgan fingerprint density at radius 1 is 1.11 bits per heavy atom. The molecule has 1 saturated heterocycles. The van der Waals surface area contributed by atoms with E-state index in [9.17, 15) is 14.0 Å². The van der Waals surface area contributed by atoms with Crippen molar-refractivity contribution in [2.24, 2.45) is 29.1 Å². The molecule has 202 valence electrons. The fourth-order valence-corrected chi connectivity index (χ4v) is 8.33. The van der Waals surface area contributed by atoms with Gasteiger partial charge in [0.05, 0.1) is 29.8 Å². The number of hydrogen-bond acceptors (Lipinski definition) is 5. The first-order valence-electron chi connectivity index (χ1n) is 13.9. The van der Waals surface area contributed by atoms with E-state index in [1.54, 1.807) is 18.2 Å². The van der Waals surface area contributed by atoms with Gasteiger partial charge in [-0.05, 0) is 98.3 Å². The topological polar surface area (TPSA) is 71.5 Å². The van der Waals surface area contributed by atoms with Crippen molar-refractivity contribution in [1.82, 2.24) is 10.3 Å². The minimum absolute atomic E-state index is 0.139. The van der Waals surface area contributed by atoms with E-state index in [0.29, 0.717) is 60.0 Å². The van der Waals surface area contributed by atoms with Gasteiger partial charge in [0.1, 0.15) is 11.6 Å². The highest BCUT2D eigenvalue weighted by atomic mass is 35.5. The number of amides is 1. The summed E-state index contributed by atoms with van der Waals surface area (Å²) in [5.74, 6) is 2.13. The Hall–Kier alpha value is -2.67.